The van der Waals surface area contributed by atoms with Crippen molar-refractivity contribution in [2.45, 2.75) is 25.8 Å². The number of nitrogens with two attached hydrogens (primary N) is 1. The summed E-state index contributed by atoms with van der Waals surface area (Å²) in [7, 11) is 0. The van der Waals surface area contributed by atoms with Gasteiger partial charge in [-0.3, -0.25) is 4.79 Å². The molecule has 2 aliphatic rings. The van der Waals surface area contributed by atoms with Crippen molar-refractivity contribution in [1.29, 1.82) is 0 Å². The molecule has 2 N–H and O–H groups in total. The summed E-state index contributed by atoms with van der Waals surface area (Å²) in [6, 6.07) is 12.3. The highest BCUT2D eigenvalue weighted by molar-refractivity contribution is 5.91. The third kappa shape index (κ3) is 3.17. The molecule has 0 saturated heterocycles. The van der Waals surface area contributed by atoms with Crippen molar-refractivity contribution in [1.82, 2.24) is 15.2 Å². The van der Waals surface area contributed by atoms with Gasteiger partial charge >= 0.3 is 0 Å². The molecule has 0 bridgehead atoms. The molecule has 134 valence electrons. The Balaban J connectivity index is 0.000000257. The minimum atomic E-state index is -0.474. The molecule has 0 saturated carbocycles. The molecule has 5 rings (SSSR count). The van der Waals surface area contributed by atoms with Crippen LogP contribution in [0.1, 0.15) is 30.5 Å². The number of hydrogen-bond donors (Lipinski definition) is 1. The van der Waals surface area contributed by atoms with Gasteiger partial charge in [0, 0.05) is 12.6 Å². The van der Waals surface area contributed by atoms with Crippen LogP contribution in [-0.4, -0.2) is 21.0 Å². The van der Waals surface area contributed by atoms with Crippen molar-refractivity contribution >= 4 is 17.4 Å². The molecule has 1 atom stereocenters. The average molecular weight is 356 g/mol. The molecular weight excluding hydrogens is 336 g/mol. The molecule has 1 unspecified atom stereocenters. The summed E-state index contributed by atoms with van der Waals surface area (Å²) in [5.41, 5.74) is 9.82. The van der Waals surface area contributed by atoms with Gasteiger partial charge < -0.3 is 5.73 Å². The Morgan fingerprint density at radius 1 is 1.00 bits per heavy atom. The van der Waals surface area contributed by atoms with E-state index in [0.717, 1.165) is 17.2 Å². The van der Waals surface area contributed by atoms with Crippen molar-refractivity contribution in [3.05, 3.63) is 87.1 Å². The van der Waals surface area contributed by atoms with E-state index >= 15 is 0 Å². The highest BCUT2D eigenvalue weighted by Gasteiger charge is 2.24. The van der Waals surface area contributed by atoms with Crippen LogP contribution in [0.2, 0.25) is 0 Å². The predicted octanol–water partition coefficient (Wildman–Crippen LogP) is 1.32. The number of ketones is 1. The average Bonchev–Trinajstić information content (AvgIpc) is 2.72. The zero-order valence-corrected chi connectivity index (χ0v) is 15.1. The van der Waals surface area contributed by atoms with Crippen LogP contribution in [-0.2, 0) is 11.2 Å². The first kappa shape index (κ1) is 17.2. The topological polar surface area (TPSA) is 81.8 Å². The lowest BCUT2D eigenvalue weighted by Gasteiger charge is -2.22. The summed E-state index contributed by atoms with van der Waals surface area (Å²) < 4.78 is 0. The predicted molar refractivity (Wildman–Crippen MR) is 103 cm³/mol. The van der Waals surface area contributed by atoms with Crippen LogP contribution in [0.5, 0.6) is 0 Å². The van der Waals surface area contributed by atoms with E-state index in [0.29, 0.717) is 6.42 Å². The van der Waals surface area contributed by atoms with Crippen molar-refractivity contribution in [3.8, 4) is 0 Å². The quantitative estimate of drug-likeness (QED) is 0.657. The molecule has 5 heteroatoms. The fourth-order valence-electron chi connectivity index (χ4n) is 3.82. The fraction of sp³-hybridized carbons (Fsp3) is 0.182. The maximum absolute atomic E-state index is 12.0. The fourth-order valence-corrected chi connectivity index (χ4v) is 3.82. The van der Waals surface area contributed by atoms with E-state index in [9.17, 15) is 4.79 Å². The highest BCUT2D eigenvalue weighted by Crippen LogP contribution is 2.23. The van der Waals surface area contributed by atoms with Gasteiger partial charge in [-0.25, -0.2) is 4.98 Å². The van der Waals surface area contributed by atoms with Crippen LogP contribution in [0.4, 0.5) is 0 Å². The van der Waals surface area contributed by atoms with Crippen LogP contribution >= 0.6 is 0 Å². The van der Waals surface area contributed by atoms with Crippen molar-refractivity contribution in [2.75, 3.05) is 0 Å². The number of aromatic nitrogens is 3. The Bertz CT molecular complexity index is 1190. The second kappa shape index (κ2) is 7.21. The number of hydrogen-bond acceptors (Lipinski definition) is 5. The highest BCUT2D eigenvalue weighted by atomic mass is 16.1. The SMILES string of the molecule is CC1=c2ccccc2=c2ccc3c(c2C1)C(N)C(=O)CC=3.c1cnncn1. The van der Waals surface area contributed by atoms with E-state index in [1.54, 1.807) is 6.20 Å². The maximum Gasteiger partial charge on any atom is 0.157 e. The molecule has 0 spiro atoms. The number of benzene rings is 2. The molecule has 0 amide bonds. The summed E-state index contributed by atoms with van der Waals surface area (Å²) in [5, 5.41) is 11.8. The molecule has 0 radical (unpaired) electrons. The lowest BCUT2D eigenvalue weighted by molar-refractivity contribution is -0.119. The third-order valence-corrected chi connectivity index (χ3v) is 5.10. The summed E-state index contributed by atoms with van der Waals surface area (Å²) in [6.07, 6.45) is 7.83. The van der Waals surface area contributed by atoms with E-state index < -0.39 is 6.04 Å². The smallest absolute Gasteiger partial charge is 0.157 e. The monoisotopic (exact) mass is 356 g/mol. The zero-order chi connectivity index (χ0) is 18.8. The summed E-state index contributed by atoms with van der Waals surface area (Å²) in [6.45, 7) is 2.17. The van der Waals surface area contributed by atoms with Crippen LogP contribution in [0.25, 0.3) is 11.6 Å². The van der Waals surface area contributed by atoms with Crippen LogP contribution < -0.4 is 16.2 Å². The van der Waals surface area contributed by atoms with E-state index in [2.05, 4.69) is 58.5 Å². The first-order chi connectivity index (χ1) is 13.2. The molecule has 2 aromatic carbocycles. The first-order valence-electron chi connectivity index (χ1n) is 8.93. The van der Waals surface area contributed by atoms with Gasteiger partial charge in [-0.1, -0.05) is 48.0 Å². The second-order valence-electron chi connectivity index (χ2n) is 6.74. The molecule has 5 nitrogen and oxygen atoms in total. The summed E-state index contributed by atoms with van der Waals surface area (Å²) >= 11 is 0. The van der Waals surface area contributed by atoms with Gasteiger partial charge in [-0.2, -0.15) is 5.10 Å². The summed E-state index contributed by atoms with van der Waals surface area (Å²) in [5.74, 6) is 0.118. The van der Waals surface area contributed by atoms with Crippen molar-refractivity contribution in [2.24, 2.45) is 5.73 Å². The Labute approximate surface area is 156 Å². The molecule has 0 fully saturated rings. The van der Waals surface area contributed by atoms with Gasteiger partial charge in [0.15, 0.2) is 5.78 Å². The van der Waals surface area contributed by atoms with Gasteiger partial charge in [0.05, 0.1) is 12.2 Å². The summed E-state index contributed by atoms with van der Waals surface area (Å²) in [4.78, 5) is 15.6. The van der Waals surface area contributed by atoms with Gasteiger partial charge in [0.25, 0.3) is 0 Å². The molecular formula is C22H20N4O. The zero-order valence-electron chi connectivity index (χ0n) is 15.1. The van der Waals surface area contributed by atoms with Crippen molar-refractivity contribution in [3.63, 3.8) is 0 Å². The number of nitrogens with zero attached hydrogens (tertiary/aromatic N) is 3. The Morgan fingerprint density at radius 2 is 1.81 bits per heavy atom. The molecule has 1 aromatic heterocycles. The van der Waals surface area contributed by atoms with Gasteiger partial charge in [-0.05, 0) is 45.3 Å². The number of fused-ring (bicyclic) bond motifs is 4. The van der Waals surface area contributed by atoms with Crippen molar-refractivity contribution < 1.29 is 4.79 Å². The van der Waals surface area contributed by atoms with Gasteiger partial charge in [-0.15, -0.1) is 5.10 Å². The largest absolute Gasteiger partial charge is 0.318 e. The number of rotatable bonds is 0. The molecule has 27 heavy (non-hydrogen) atoms. The maximum atomic E-state index is 12.0. The van der Waals surface area contributed by atoms with E-state index in [1.165, 1.54) is 39.3 Å². The number of carbonyl (C=O) groups is 1. The number of Topliss-reactive ketones (excluding diaryl/α,β-unsaturated/α-hetero) is 1. The molecule has 1 heterocycles. The molecule has 2 aliphatic carbocycles. The van der Waals surface area contributed by atoms with Gasteiger partial charge in [0.2, 0.25) is 0 Å². The van der Waals surface area contributed by atoms with Crippen LogP contribution in [0, 0.1) is 10.4 Å². The lowest BCUT2D eigenvalue weighted by atomic mass is 9.84. The van der Waals surface area contributed by atoms with Crippen LogP contribution in [0.3, 0.4) is 0 Å². The van der Waals surface area contributed by atoms with E-state index in [4.69, 9.17) is 5.73 Å². The molecule has 0 aliphatic heterocycles. The van der Waals surface area contributed by atoms with E-state index in [1.807, 2.05) is 6.08 Å². The van der Waals surface area contributed by atoms with E-state index in [-0.39, 0.29) is 5.78 Å². The normalized spacial score (nSPS) is 16.9. The number of carbonyl (C=O) groups excluding carboxylic acids is 1. The molecule has 3 aromatic rings. The van der Waals surface area contributed by atoms with Gasteiger partial charge in [0.1, 0.15) is 6.33 Å². The Kier molecular flexibility index (Phi) is 4.60. The van der Waals surface area contributed by atoms with Crippen LogP contribution in [0.15, 0.2) is 55.1 Å². The minimum absolute atomic E-state index is 0.118. The second-order valence-corrected chi connectivity index (χ2v) is 6.74. The third-order valence-electron chi connectivity index (χ3n) is 5.10. The first-order valence-corrected chi connectivity index (χ1v) is 8.93. The standard InChI is InChI=1S/C19H17NO.C3H3N3/c1-11-10-16-15(14-5-3-2-4-13(11)14)8-6-12-7-9-17(21)19(20)18(12)16;1-2-5-6-3-4-1/h2-8,19H,9-10,20H2,1H3;1-3H. The Morgan fingerprint density at radius 3 is 2.48 bits per heavy atom. The lowest BCUT2D eigenvalue weighted by Crippen LogP contribution is -2.33. The minimum Gasteiger partial charge on any atom is -0.318 e. The Hall–Kier alpha value is -3.18.